The Morgan fingerprint density at radius 2 is 1.75 bits per heavy atom. The molecule has 0 aliphatic carbocycles. The second-order valence-corrected chi connectivity index (χ2v) is 6.67. The lowest BCUT2D eigenvalue weighted by Crippen LogP contribution is -2.27. The predicted octanol–water partition coefficient (Wildman–Crippen LogP) is 4.11. The fourth-order valence-corrected chi connectivity index (χ4v) is 3.59. The number of nitrogens with zero attached hydrogens (tertiary/aromatic N) is 1. The normalized spacial score (nSPS) is 15.9. The van der Waals surface area contributed by atoms with Gasteiger partial charge in [-0.1, -0.05) is 42.2 Å². The van der Waals surface area contributed by atoms with E-state index in [1.807, 2.05) is 48.5 Å². The van der Waals surface area contributed by atoms with Gasteiger partial charge in [0.05, 0.1) is 24.8 Å². The Kier molecular flexibility index (Phi) is 4.87. The molecule has 1 aliphatic heterocycles. The third kappa shape index (κ3) is 3.29. The molecular weight excluding hydrogens is 342 g/mol. The van der Waals surface area contributed by atoms with Gasteiger partial charge in [0.25, 0.3) is 5.91 Å². The molecule has 0 aromatic heterocycles. The Bertz CT molecular complexity index is 815. The smallest absolute Gasteiger partial charge is 0.270 e. The molecule has 24 heavy (non-hydrogen) atoms. The number of thiocarbonyl (C=S) groups is 1. The van der Waals surface area contributed by atoms with Crippen LogP contribution >= 0.6 is 24.0 Å². The van der Waals surface area contributed by atoms with E-state index in [0.717, 1.165) is 11.3 Å². The zero-order chi connectivity index (χ0) is 17.1. The number of methoxy groups -OCH3 is 2. The summed E-state index contributed by atoms with van der Waals surface area (Å²) in [6, 6.07) is 14.8. The van der Waals surface area contributed by atoms with E-state index in [1.165, 1.54) is 16.7 Å². The molecule has 1 fully saturated rings. The van der Waals surface area contributed by atoms with Crippen molar-refractivity contribution in [1.29, 1.82) is 0 Å². The number of hydrogen-bond donors (Lipinski definition) is 0. The standard InChI is InChI=1S/C18H15NO3S2/c1-21-14-8-6-12(7-9-14)10-16-17(20)19(18(23)24-16)13-4-3-5-15(11-13)22-2/h3-11H,1-2H3/b16-10+. The molecule has 1 saturated heterocycles. The van der Waals surface area contributed by atoms with E-state index >= 15 is 0 Å². The summed E-state index contributed by atoms with van der Waals surface area (Å²) in [6.45, 7) is 0. The average Bonchev–Trinajstić information content (AvgIpc) is 2.89. The fraction of sp³-hybridized carbons (Fsp3) is 0.111. The molecule has 122 valence electrons. The van der Waals surface area contributed by atoms with Crippen molar-refractivity contribution in [3.8, 4) is 11.5 Å². The summed E-state index contributed by atoms with van der Waals surface area (Å²) in [7, 11) is 3.21. The molecule has 0 spiro atoms. The number of ether oxygens (including phenoxy) is 2. The zero-order valence-electron chi connectivity index (χ0n) is 13.2. The van der Waals surface area contributed by atoms with Gasteiger partial charge in [0.15, 0.2) is 4.32 Å². The Morgan fingerprint density at radius 3 is 2.42 bits per heavy atom. The molecule has 1 heterocycles. The molecule has 0 saturated carbocycles. The van der Waals surface area contributed by atoms with E-state index in [2.05, 4.69) is 0 Å². The third-order valence-electron chi connectivity index (χ3n) is 3.52. The Labute approximate surface area is 150 Å². The average molecular weight is 357 g/mol. The predicted molar refractivity (Wildman–Crippen MR) is 102 cm³/mol. The van der Waals surface area contributed by atoms with Gasteiger partial charge in [-0.2, -0.15) is 0 Å². The quantitative estimate of drug-likeness (QED) is 0.608. The van der Waals surface area contributed by atoms with Crippen LogP contribution in [0.2, 0.25) is 0 Å². The summed E-state index contributed by atoms with van der Waals surface area (Å²) in [5.41, 5.74) is 1.62. The highest BCUT2D eigenvalue weighted by Crippen LogP contribution is 2.37. The van der Waals surface area contributed by atoms with Gasteiger partial charge in [-0.3, -0.25) is 9.69 Å². The van der Waals surface area contributed by atoms with Crippen LogP contribution in [0.3, 0.4) is 0 Å². The SMILES string of the molecule is COc1ccc(/C=C2/SC(=S)N(c3cccc(OC)c3)C2=O)cc1. The zero-order valence-corrected chi connectivity index (χ0v) is 14.8. The van der Waals surface area contributed by atoms with Crippen LogP contribution in [0.4, 0.5) is 5.69 Å². The van der Waals surface area contributed by atoms with Crippen LogP contribution in [0.5, 0.6) is 11.5 Å². The maximum atomic E-state index is 12.7. The number of anilines is 1. The molecule has 0 unspecified atom stereocenters. The van der Waals surface area contributed by atoms with Crippen molar-refractivity contribution in [3.05, 3.63) is 59.0 Å². The highest BCUT2D eigenvalue weighted by molar-refractivity contribution is 8.27. The number of hydrogen-bond acceptors (Lipinski definition) is 5. The second-order valence-electron chi connectivity index (χ2n) is 4.99. The maximum Gasteiger partial charge on any atom is 0.270 e. The van der Waals surface area contributed by atoms with E-state index in [-0.39, 0.29) is 5.91 Å². The lowest BCUT2D eigenvalue weighted by molar-refractivity contribution is -0.113. The summed E-state index contributed by atoms with van der Waals surface area (Å²) in [5.74, 6) is 1.32. The minimum Gasteiger partial charge on any atom is -0.497 e. The first kappa shape index (κ1) is 16.5. The lowest BCUT2D eigenvalue weighted by Gasteiger charge is -2.15. The van der Waals surface area contributed by atoms with Crippen molar-refractivity contribution in [2.75, 3.05) is 19.1 Å². The molecule has 0 radical (unpaired) electrons. The molecule has 2 aromatic rings. The van der Waals surface area contributed by atoms with Crippen LogP contribution in [0.15, 0.2) is 53.4 Å². The van der Waals surface area contributed by atoms with E-state index in [1.54, 1.807) is 20.3 Å². The van der Waals surface area contributed by atoms with Gasteiger partial charge in [-0.05, 0) is 35.9 Å². The molecule has 0 N–H and O–H groups in total. The van der Waals surface area contributed by atoms with Crippen molar-refractivity contribution < 1.29 is 14.3 Å². The first-order valence-corrected chi connectivity index (χ1v) is 8.41. The largest absolute Gasteiger partial charge is 0.497 e. The highest BCUT2D eigenvalue weighted by atomic mass is 32.2. The van der Waals surface area contributed by atoms with E-state index in [0.29, 0.717) is 20.7 Å². The first-order chi connectivity index (χ1) is 11.6. The number of rotatable bonds is 4. The van der Waals surface area contributed by atoms with Crippen LogP contribution in [0.1, 0.15) is 5.56 Å². The number of thioether (sulfide) groups is 1. The number of carbonyl (C=O) groups is 1. The van der Waals surface area contributed by atoms with Gasteiger partial charge in [-0.25, -0.2) is 0 Å². The van der Waals surface area contributed by atoms with E-state index < -0.39 is 0 Å². The van der Waals surface area contributed by atoms with Crippen molar-refractivity contribution in [2.45, 2.75) is 0 Å². The van der Waals surface area contributed by atoms with Crippen molar-refractivity contribution in [3.63, 3.8) is 0 Å². The third-order valence-corrected chi connectivity index (χ3v) is 4.82. The molecule has 3 rings (SSSR count). The molecule has 0 bridgehead atoms. The Morgan fingerprint density at radius 1 is 1.04 bits per heavy atom. The minimum absolute atomic E-state index is 0.130. The topological polar surface area (TPSA) is 38.8 Å². The van der Waals surface area contributed by atoms with Crippen LogP contribution in [0.25, 0.3) is 6.08 Å². The van der Waals surface area contributed by atoms with E-state index in [9.17, 15) is 4.79 Å². The lowest BCUT2D eigenvalue weighted by atomic mass is 10.2. The van der Waals surface area contributed by atoms with Gasteiger partial charge >= 0.3 is 0 Å². The van der Waals surface area contributed by atoms with Crippen molar-refractivity contribution in [1.82, 2.24) is 0 Å². The molecule has 6 heteroatoms. The van der Waals surface area contributed by atoms with Gasteiger partial charge in [0.1, 0.15) is 11.5 Å². The van der Waals surface area contributed by atoms with Gasteiger partial charge in [0.2, 0.25) is 0 Å². The van der Waals surface area contributed by atoms with E-state index in [4.69, 9.17) is 21.7 Å². The summed E-state index contributed by atoms with van der Waals surface area (Å²) in [5, 5.41) is 0. The molecule has 1 amide bonds. The number of amides is 1. The highest BCUT2D eigenvalue weighted by Gasteiger charge is 2.33. The molecule has 1 aliphatic rings. The fourth-order valence-electron chi connectivity index (χ4n) is 2.29. The summed E-state index contributed by atoms with van der Waals surface area (Å²) in [6.07, 6.45) is 1.83. The van der Waals surface area contributed by atoms with Crippen LogP contribution in [0, 0.1) is 0 Å². The minimum atomic E-state index is -0.130. The maximum absolute atomic E-state index is 12.7. The Hall–Kier alpha value is -2.31. The van der Waals surface area contributed by atoms with Gasteiger partial charge in [0, 0.05) is 6.07 Å². The second kappa shape index (κ2) is 7.07. The summed E-state index contributed by atoms with van der Waals surface area (Å²) in [4.78, 5) is 14.8. The molecule has 0 atom stereocenters. The van der Waals surface area contributed by atoms with Crippen molar-refractivity contribution in [2.24, 2.45) is 0 Å². The van der Waals surface area contributed by atoms with Crippen molar-refractivity contribution >= 4 is 46.0 Å². The summed E-state index contributed by atoms with van der Waals surface area (Å²) >= 11 is 6.67. The van der Waals surface area contributed by atoms with Gasteiger partial charge < -0.3 is 9.47 Å². The number of benzene rings is 2. The monoisotopic (exact) mass is 357 g/mol. The van der Waals surface area contributed by atoms with Crippen LogP contribution in [-0.2, 0) is 4.79 Å². The number of carbonyl (C=O) groups excluding carboxylic acids is 1. The molecular formula is C18H15NO3S2. The molecule has 4 nitrogen and oxygen atoms in total. The van der Waals surface area contributed by atoms with Crippen LogP contribution in [-0.4, -0.2) is 24.4 Å². The molecule has 2 aromatic carbocycles. The first-order valence-electron chi connectivity index (χ1n) is 7.18. The van der Waals surface area contributed by atoms with Gasteiger partial charge in [-0.15, -0.1) is 0 Å². The van der Waals surface area contributed by atoms with Crippen LogP contribution < -0.4 is 14.4 Å². The summed E-state index contributed by atoms with van der Waals surface area (Å²) < 4.78 is 10.9. The Balaban J connectivity index is 1.89.